The summed E-state index contributed by atoms with van der Waals surface area (Å²) in [4.78, 5) is 23.0. The van der Waals surface area contributed by atoms with Crippen LogP contribution in [0.1, 0.15) is 15.9 Å². The molecule has 0 aliphatic rings. The molecule has 0 saturated carbocycles. The van der Waals surface area contributed by atoms with Crippen LogP contribution in [0, 0.1) is 0 Å². The highest BCUT2D eigenvalue weighted by Crippen LogP contribution is 2.19. The van der Waals surface area contributed by atoms with Gasteiger partial charge in [0.05, 0.1) is 11.7 Å². The van der Waals surface area contributed by atoms with Crippen molar-refractivity contribution in [2.75, 3.05) is 0 Å². The van der Waals surface area contributed by atoms with Crippen molar-refractivity contribution in [1.82, 2.24) is 5.32 Å². The quantitative estimate of drug-likeness (QED) is 0.818. The lowest BCUT2D eigenvalue weighted by Gasteiger charge is -2.12. The predicted molar refractivity (Wildman–Crippen MR) is 80.0 cm³/mol. The van der Waals surface area contributed by atoms with E-state index in [2.05, 4.69) is 10.1 Å². The lowest BCUT2D eigenvalue weighted by molar-refractivity contribution is -0.297. The molecule has 124 valence electrons. The van der Waals surface area contributed by atoms with Crippen LogP contribution in [0.25, 0.3) is 5.70 Å². The van der Waals surface area contributed by atoms with Crippen LogP contribution in [0.15, 0.2) is 60.7 Å². The fourth-order valence-electron chi connectivity index (χ4n) is 1.91. The van der Waals surface area contributed by atoms with E-state index in [1.54, 1.807) is 30.3 Å². The van der Waals surface area contributed by atoms with Crippen molar-refractivity contribution < 1.29 is 28.2 Å². The van der Waals surface area contributed by atoms with Gasteiger partial charge in [-0.2, -0.15) is 8.78 Å². The predicted octanol–water partition coefficient (Wildman–Crippen LogP) is 1.81. The van der Waals surface area contributed by atoms with Gasteiger partial charge in [-0.1, -0.05) is 18.2 Å². The molecule has 24 heavy (non-hydrogen) atoms. The fourth-order valence-corrected chi connectivity index (χ4v) is 1.91. The van der Waals surface area contributed by atoms with E-state index in [0.29, 0.717) is 17.2 Å². The van der Waals surface area contributed by atoms with Gasteiger partial charge in [-0.3, -0.25) is 4.79 Å². The summed E-state index contributed by atoms with van der Waals surface area (Å²) >= 11 is 0. The monoisotopic (exact) mass is 332 g/mol. The van der Waals surface area contributed by atoms with Crippen molar-refractivity contribution in [2.45, 2.75) is 6.61 Å². The molecule has 2 aromatic carbocycles. The Balaban J connectivity index is 2.23. The molecule has 2 aromatic rings. The van der Waals surface area contributed by atoms with Crippen LogP contribution in [-0.4, -0.2) is 18.5 Å². The van der Waals surface area contributed by atoms with E-state index in [9.17, 15) is 23.5 Å². The fraction of sp³-hybridized carbons (Fsp3) is 0.0588. The maximum Gasteiger partial charge on any atom is 0.387 e. The number of alkyl halides is 2. The minimum Gasteiger partial charge on any atom is -0.545 e. The lowest BCUT2D eigenvalue weighted by Crippen LogP contribution is -2.26. The number of rotatable bonds is 6. The summed E-state index contributed by atoms with van der Waals surface area (Å²) in [5, 5.41) is 13.3. The maximum atomic E-state index is 12.1. The van der Waals surface area contributed by atoms with Gasteiger partial charge in [-0.25, -0.2) is 0 Å². The van der Waals surface area contributed by atoms with Crippen molar-refractivity contribution in [1.29, 1.82) is 0 Å². The Morgan fingerprint density at radius 2 is 1.62 bits per heavy atom. The number of hydrogen-bond donors (Lipinski definition) is 1. The van der Waals surface area contributed by atoms with Gasteiger partial charge in [-0.05, 0) is 48.0 Å². The number of aliphatic carboxylic acids is 1. The summed E-state index contributed by atoms with van der Waals surface area (Å²) in [5.41, 5.74) is 0.594. The van der Waals surface area contributed by atoms with Crippen molar-refractivity contribution in [2.24, 2.45) is 0 Å². The van der Waals surface area contributed by atoms with E-state index in [4.69, 9.17) is 0 Å². The molecule has 2 rings (SSSR count). The number of amides is 1. The summed E-state index contributed by atoms with van der Waals surface area (Å²) in [5.74, 6) is -2.11. The normalized spacial score (nSPS) is 11.2. The topological polar surface area (TPSA) is 78.5 Å². The highest BCUT2D eigenvalue weighted by Gasteiger charge is 2.10. The lowest BCUT2D eigenvalue weighted by atomic mass is 10.1. The molecule has 0 radical (unpaired) electrons. The van der Waals surface area contributed by atoms with E-state index in [-0.39, 0.29) is 11.4 Å². The van der Waals surface area contributed by atoms with Crippen LogP contribution in [0.3, 0.4) is 0 Å². The molecule has 0 bridgehead atoms. The van der Waals surface area contributed by atoms with Gasteiger partial charge in [0.15, 0.2) is 0 Å². The van der Waals surface area contributed by atoms with E-state index < -0.39 is 18.5 Å². The molecular formula is C17H12F2NO4-. The van der Waals surface area contributed by atoms with Gasteiger partial charge >= 0.3 is 6.61 Å². The molecule has 0 aromatic heterocycles. The minimum absolute atomic E-state index is 0.0348. The van der Waals surface area contributed by atoms with Crippen molar-refractivity contribution in [3.63, 3.8) is 0 Å². The van der Waals surface area contributed by atoms with Gasteiger partial charge in [0.2, 0.25) is 0 Å². The van der Waals surface area contributed by atoms with E-state index >= 15 is 0 Å². The number of carbonyl (C=O) groups is 2. The molecule has 5 nitrogen and oxygen atoms in total. The summed E-state index contributed by atoms with van der Waals surface area (Å²) < 4.78 is 28.5. The molecule has 0 atom stereocenters. The number of halogens is 2. The minimum atomic E-state index is -2.97. The van der Waals surface area contributed by atoms with Crippen LogP contribution in [-0.2, 0) is 4.79 Å². The molecule has 1 amide bonds. The van der Waals surface area contributed by atoms with Gasteiger partial charge in [0.1, 0.15) is 5.75 Å². The van der Waals surface area contributed by atoms with Crippen LogP contribution in [0.5, 0.6) is 5.75 Å². The second kappa shape index (κ2) is 7.87. The maximum absolute atomic E-state index is 12.1. The first kappa shape index (κ1) is 17.1. The molecule has 0 saturated heterocycles. The molecule has 1 N–H and O–H groups in total. The van der Waals surface area contributed by atoms with Crippen LogP contribution in [0.2, 0.25) is 0 Å². The van der Waals surface area contributed by atoms with Crippen LogP contribution in [0.4, 0.5) is 8.78 Å². The molecule has 0 aliphatic heterocycles. The Hall–Kier alpha value is -3.22. The largest absolute Gasteiger partial charge is 0.545 e. The average Bonchev–Trinajstić information content (AvgIpc) is 2.55. The van der Waals surface area contributed by atoms with E-state index in [0.717, 1.165) is 0 Å². The van der Waals surface area contributed by atoms with E-state index in [1.165, 1.54) is 24.3 Å². The average molecular weight is 332 g/mol. The number of nitrogens with one attached hydrogen (secondary N) is 1. The molecule has 7 heteroatoms. The Morgan fingerprint density at radius 3 is 2.17 bits per heavy atom. The van der Waals surface area contributed by atoms with Crippen molar-refractivity contribution in [3.05, 3.63) is 71.8 Å². The number of ether oxygens (including phenoxy) is 1. The van der Waals surface area contributed by atoms with Crippen LogP contribution < -0.4 is 15.2 Å². The van der Waals surface area contributed by atoms with Gasteiger partial charge < -0.3 is 20.0 Å². The van der Waals surface area contributed by atoms with E-state index in [1.807, 2.05) is 0 Å². The zero-order valence-electron chi connectivity index (χ0n) is 12.2. The Kier molecular flexibility index (Phi) is 5.62. The molecule has 0 fully saturated rings. The standard InChI is InChI=1S/C17H13F2NO4/c18-17(19)24-13-8-6-11(7-9-13)14(10-15(21)22)20-16(23)12-4-2-1-3-5-12/h1-10,17H,(H,20,23)(H,21,22)/p-1/b14-10+. The number of carbonyl (C=O) groups excluding carboxylic acids is 2. The zero-order valence-corrected chi connectivity index (χ0v) is 12.2. The molecule has 0 unspecified atom stereocenters. The number of carboxylic acids is 1. The third-order valence-corrected chi connectivity index (χ3v) is 2.94. The third-order valence-electron chi connectivity index (χ3n) is 2.94. The third kappa shape index (κ3) is 4.91. The Labute approximate surface area is 136 Å². The van der Waals surface area contributed by atoms with Crippen molar-refractivity contribution >= 4 is 17.6 Å². The first-order chi connectivity index (χ1) is 11.5. The Bertz CT molecular complexity index is 743. The number of carboxylic acid groups (broad SMARTS) is 1. The molecular weight excluding hydrogens is 320 g/mol. The summed E-state index contributed by atoms with van der Waals surface area (Å²) in [6.45, 7) is -2.97. The Morgan fingerprint density at radius 1 is 1.00 bits per heavy atom. The smallest absolute Gasteiger partial charge is 0.387 e. The van der Waals surface area contributed by atoms with Crippen molar-refractivity contribution in [3.8, 4) is 5.75 Å². The molecule has 0 heterocycles. The van der Waals surface area contributed by atoms with Crippen LogP contribution >= 0.6 is 0 Å². The number of benzene rings is 2. The molecule has 0 spiro atoms. The highest BCUT2D eigenvalue weighted by atomic mass is 19.3. The van der Waals surface area contributed by atoms with Gasteiger partial charge in [0.25, 0.3) is 5.91 Å². The van der Waals surface area contributed by atoms with Gasteiger partial charge in [-0.15, -0.1) is 0 Å². The number of hydrogen-bond acceptors (Lipinski definition) is 4. The first-order valence-electron chi connectivity index (χ1n) is 6.80. The molecule has 0 aliphatic carbocycles. The highest BCUT2D eigenvalue weighted by molar-refractivity contribution is 6.02. The first-order valence-corrected chi connectivity index (χ1v) is 6.80. The zero-order chi connectivity index (χ0) is 17.5. The second-order valence-electron chi connectivity index (χ2n) is 4.60. The summed E-state index contributed by atoms with van der Waals surface area (Å²) in [6, 6.07) is 13.3. The second-order valence-corrected chi connectivity index (χ2v) is 4.60. The van der Waals surface area contributed by atoms with Gasteiger partial charge in [0, 0.05) is 5.56 Å². The summed E-state index contributed by atoms with van der Waals surface area (Å²) in [7, 11) is 0. The SMILES string of the molecule is O=C([O-])/C=C(/NC(=O)c1ccccc1)c1ccc(OC(F)F)cc1. The summed E-state index contributed by atoms with van der Waals surface area (Å²) in [6.07, 6.45) is 0.712.